The van der Waals surface area contributed by atoms with Gasteiger partial charge in [-0.2, -0.15) is 0 Å². The molecule has 0 radical (unpaired) electrons. The Morgan fingerprint density at radius 1 is 0.967 bits per heavy atom. The molecule has 2 aromatic carbocycles. The Kier molecular flexibility index (Phi) is 5.99. The van der Waals surface area contributed by atoms with Gasteiger partial charge in [-0.05, 0) is 0 Å². The molecule has 1 unspecified atom stereocenters. The summed E-state index contributed by atoms with van der Waals surface area (Å²) in [6.07, 6.45) is 17.3. The molecule has 0 spiro atoms. The molecule has 150 valence electrons. The van der Waals surface area contributed by atoms with E-state index >= 15 is 0 Å². The Morgan fingerprint density at radius 3 is 2.63 bits per heavy atom. The van der Waals surface area contributed by atoms with Crippen LogP contribution in [0, 0.1) is 0 Å². The zero-order valence-corrected chi connectivity index (χ0v) is 20.6. The van der Waals surface area contributed by atoms with Gasteiger partial charge in [0.25, 0.3) is 0 Å². The van der Waals surface area contributed by atoms with E-state index in [0.29, 0.717) is 3.63 Å². The second kappa shape index (κ2) is 8.85. The van der Waals surface area contributed by atoms with Gasteiger partial charge < -0.3 is 0 Å². The second-order valence-electron chi connectivity index (χ2n) is 8.08. The molecule has 0 bridgehead atoms. The van der Waals surface area contributed by atoms with Crippen LogP contribution >= 0.6 is 11.6 Å². The van der Waals surface area contributed by atoms with E-state index in [0.717, 1.165) is 0 Å². The van der Waals surface area contributed by atoms with Gasteiger partial charge >= 0.3 is 179 Å². The summed E-state index contributed by atoms with van der Waals surface area (Å²) in [6, 6.07) is 18.2. The minimum atomic E-state index is -0.735. The molecule has 0 fully saturated rings. The zero-order valence-electron chi connectivity index (χ0n) is 17.4. The van der Waals surface area contributed by atoms with Crippen LogP contribution in [0.4, 0.5) is 0 Å². The van der Waals surface area contributed by atoms with E-state index < -0.39 is 23.2 Å². The molecule has 3 aliphatic carbocycles. The number of nitrogens with zero attached hydrogens (tertiary/aromatic N) is 1. The summed E-state index contributed by atoms with van der Waals surface area (Å²) in [6.45, 7) is 0. The molecule has 1 aromatic heterocycles. The fraction of sp³-hybridized carbons (Fsp3) is 0.259. The molecule has 0 saturated carbocycles. The fourth-order valence-corrected chi connectivity index (χ4v) is 9.06. The predicted octanol–water partition coefficient (Wildman–Crippen LogP) is 7.35. The Labute approximate surface area is 195 Å². The third-order valence-electron chi connectivity index (χ3n) is 6.44. The first-order valence-electron chi connectivity index (χ1n) is 10.8. The molecular formula is C27H26ClNZr. The molecule has 0 N–H and O–H groups in total. The van der Waals surface area contributed by atoms with Crippen LogP contribution < -0.4 is 0 Å². The van der Waals surface area contributed by atoms with Crippen molar-refractivity contribution < 1.29 is 23.2 Å². The molecular weight excluding hydrogens is 465 g/mol. The van der Waals surface area contributed by atoms with Crippen LogP contribution in [0.5, 0.6) is 0 Å². The monoisotopic (exact) mass is 489 g/mol. The van der Waals surface area contributed by atoms with Crippen molar-refractivity contribution in [3.05, 3.63) is 92.4 Å². The van der Waals surface area contributed by atoms with Crippen LogP contribution in [0.1, 0.15) is 45.3 Å². The minimum Gasteiger partial charge on any atom is -0.130 e. The number of fused-ring (bicyclic) bond motifs is 4. The largest absolute Gasteiger partial charge is 0.130 e. The van der Waals surface area contributed by atoms with Gasteiger partial charge in [0.2, 0.25) is 0 Å². The van der Waals surface area contributed by atoms with Crippen molar-refractivity contribution in [3.63, 3.8) is 0 Å². The number of hydrogen-bond acceptors (Lipinski definition) is 0. The summed E-state index contributed by atoms with van der Waals surface area (Å²) in [7, 11) is 0. The number of allylic oxidation sites excluding steroid dienone is 5. The first-order valence-corrected chi connectivity index (χ1v) is 14.2. The molecule has 0 saturated heterocycles. The summed E-state index contributed by atoms with van der Waals surface area (Å²) in [5.74, 6) is 0. The van der Waals surface area contributed by atoms with E-state index in [-0.39, 0.29) is 0 Å². The summed E-state index contributed by atoms with van der Waals surface area (Å²) < 4.78 is 5.02. The molecule has 30 heavy (non-hydrogen) atoms. The Bertz CT molecular complexity index is 1180. The second-order valence-corrected chi connectivity index (χ2v) is 11.8. The van der Waals surface area contributed by atoms with Gasteiger partial charge in [-0.25, -0.2) is 0 Å². The van der Waals surface area contributed by atoms with Crippen molar-refractivity contribution in [2.75, 3.05) is 6.38 Å². The maximum absolute atomic E-state index is 4.64. The van der Waals surface area contributed by atoms with Crippen LogP contribution in [0.25, 0.3) is 22.7 Å². The van der Waals surface area contributed by atoms with E-state index in [2.05, 4.69) is 89.0 Å². The van der Waals surface area contributed by atoms with Crippen molar-refractivity contribution >= 4 is 34.3 Å². The van der Waals surface area contributed by atoms with Gasteiger partial charge in [-0.3, -0.25) is 0 Å². The Morgan fingerprint density at radius 2 is 1.77 bits per heavy atom. The molecule has 1 atom stereocenters. The zero-order chi connectivity index (χ0) is 20.5. The maximum atomic E-state index is 4.64. The van der Waals surface area contributed by atoms with Gasteiger partial charge in [0, 0.05) is 6.38 Å². The molecule has 1 heterocycles. The standard InChI is InChI=1S/C21H18N.C5H5.CH3Cl.Zr/c1-2-8-16-14-17(13-15(16)7-1)22-20-11-5-3-9-18(20)19-10-4-6-12-21(19)22;1-2-4-5-3-1;1-2;/h1-3,5,7-9,11,13-14H,4,6,10,12H2;1-3H,4H2;1H3;. The summed E-state index contributed by atoms with van der Waals surface area (Å²) in [5, 5.41) is 1.49. The van der Waals surface area contributed by atoms with Crippen LogP contribution in [0.15, 0.2) is 70.0 Å². The van der Waals surface area contributed by atoms with E-state index in [1.807, 2.05) is 0 Å². The third kappa shape index (κ3) is 3.43. The van der Waals surface area contributed by atoms with Crippen LogP contribution in [-0.2, 0) is 36.1 Å². The van der Waals surface area contributed by atoms with E-state index in [4.69, 9.17) is 0 Å². The van der Waals surface area contributed by atoms with Gasteiger partial charge in [0.05, 0.1) is 0 Å². The van der Waals surface area contributed by atoms with Crippen LogP contribution in [-0.4, -0.2) is 11.0 Å². The summed E-state index contributed by atoms with van der Waals surface area (Å²) >= 11 is 3.90. The number of alkyl halides is 1. The van der Waals surface area contributed by atoms with Crippen LogP contribution in [0.2, 0.25) is 0 Å². The Balaban J connectivity index is 0.000000937. The van der Waals surface area contributed by atoms with Gasteiger partial charge in [-0.15, -0.1) is 11.6 Å². The average molecular weight is 491 g/mol. The number of rotatable bonds is 3. The number of benzene rings is 2. The topological polar surface area (TPSA) is 4.93 Å². The molecule has 0 aliphatic heterocycles. The Hall–Kier alpha value is -1.63. The first-order chi connectivity index (χ1) is 14.9. The molecule has 3 aliphatic rings. The van der Waals surface area contributed by atoms with E-state index in [1.165, 1.54) is 55.0 Å². The first kappa shape index (κ1) is 20.3. The summed E-state index contributed by atoms with van der Waals surface area (Å²) in [4.78, 5) is 0. The molecule has 3 heteroatoms. The van der Waals surface area contributed by atoms with E-state index in [9.17, 15) is 0 Å². The fourth-order valence-electron chi connectivity index (χ4n) is 5.18. The smallest absolute Gasteiger partial charge is 0.0108 e. The van der Waals surface area contributed by atoms with Crippen LogP contribution in [0.3, 0.4) is 0 Å². The minimum absolute atomic E-state index is 0.618. The number of aryl methyl sites for hydroxylation is 1. The predicted molar refractivity (Wildman–Crippen MR) is 126 cm³/mol. The number of para-hydroxylation sites is 1. The average Bonchev–Trinajstić information content (AvgIpc) is 3.52. The molecule has 6 rings (SSSR count). The quantitative estimate of drug-likeness (QED) is 0.338. The molecule has 1 nitrogen and oxygen atoms in total. The number of halogens is 1. The SMILES string of the molecule is C1=CC[C]([Zr][CH]2C(n3c4c(c5ccccc53)CCCC4)=Cc3ccccc32)=C1.CCl. The van der Waals surface area contributed by atoms with Crippen molar-refractivity contribution in [3.8, 4) is 0 Å². The normalized spacial score (nSPS) is 18.9. The van der Waals surface area contributed by atoms with Crippen molar-refractivity contribution in [2.24, 2.45) is 0 Å². The molecule has 3 aromatic rings. The van der Waals surface area contributed by atoms with Gasteiger partial charge in [0.15, 0.2) is 0 Å². The van der Waals surface area contributed by atoms with Gasteiger partial charge in [-0.1, -0.05) is 0 Å². The number of hydrogen-bond donors (Lipinski definition) is 0. The molecule has 0 amide bonds. The third-order valence-corrected chi connectivity index (χ3v) is 10.5. The van der Waals surface area contributed by atoms with E-state index in [1.54, 1.807) is 25.8 Å². The van der Waals surface area contributed by atoms with Crippen molar-refractivity contribution in [2.45, 2.75) is 35.7 Å². The maximum Gasteiger partial charge on any atom is 0.0108 e. The van der Waals surface area contributed by atoms with Crippen molar-refractivity contribution in [1.82, 2.24) is 4.57 Å². The van der Waals surface area contributed by atoms with Crippen molar-refractivity contribution in [1.29, 1.82) is 0 Å². The van der Waals surface area contributed by atoms with Gasteiger partial charge in [0.1, 0.15) is 0 Å². The number of aromatic nitrogens is 1. The summed E-state index contributed by atoms with van der Waals surface area (Å²) in [5.41, 5.74) is 9.20.